The van der Waals surface area contributed by atoms with Crippen molar-refractivity contribution in [1.29, 1.82) is 0 Å². The topological polar surface area (TPSA) is 162 Å². The molecule has 0 atom stereocenters. The van der Waals surface area contributed by atoms with Crippen LogP contribution in [0.2, 0.25) is 0 Å². The molecule has 2 saturated carbocycles. The second-order valence-corrected chi connectivity index (χ2v) is 21.8. The number of rotatable bonds is 6. The van der Waals surface area contributed by atoms with E-state index in [1.54, 1.807) is 12.4 Å². The van der Waals surface area contributed by atoms with Crippen LogP contribution in [0.3, 0.4) is 0 Å². The van der Waals surface area contributed by atoms with Crippen LogP contribution >= 0.6 is 15.9 Å². The van der Waals surface area contributed by atoms with Crippen molar-refractivity contribution in [2.45, 2.75) is 102 Å². The monoisotopic (exact) mass is 1040 g/mol. The third kappa shape index (κ3) is 9.11. The second-order valence-electron chi connectivity index (χ2n) is 21.1. The lowest BCUT2D eigenvalue weighted by atomic mass is 9.72. The number of nitrogens with zero attached hydrogens (tertiary/aromatic N) is 6. The Bertz CT molecular complexity index is 3400. The van der Waals surface area contributed by atoms with E-state index < -0.39 is 16.7 Å². The molecule has 0 spiro atoms. The number of imidazole rings is 2. The van der Waals surface area contributed by atoms with Crippen molar-refractivity contribution >= 4 is 51.1 Å². The Kier molecular flexibility index (Phi) is 12.0. The van der Waals surface area contributed by atoms with Gasteiger partial charge in [-0.15, -0.1) is 0 Å². The minimum Gasteiger partial charge on any atom is -0.444 e. The Morgan fingerprint density at radius 2 is 1.04 bits per heavy atom. The number of anilines is 4. The van der Waals surface area contributed by atoms with E-state index in [2.05, 4.69) is 123 Å². The first-order chi connectivity index (χ1) is 35.1. The molecule has 4 aromatic carbocycles. The normalized spacial score (nSPS) is 15.3. The van der Waals surface area contributed by atoms with E-state index in [-0.39, 0.29) is 17.7 Å². The van der Waals surface area contributed by atoms with Crippen molar-refractivity contribution < 1.29 is 19.1 Å². The maximum Gasteiger partial charge on any atom is 0.408 e. The van der Waals surface area contributed by atoms with Crippen LogP contribution in [0, 0.1) is 0 Å². The van der Waals surface area contributed by atoms with E-state index in [0.29, 0.717) is 0 Å². The lowest BCUT2D eigenvalue weighted by Gasteiger charge is -2.43. The average molecular weight is 1040 g/mol. The van der Waals surface area contributed by atoms with Gasteiger partial charge in [0.05, 0.1) is 51.4 Å². The number of benzene rings is 4. The van der Waals surface area contributed by atoms with Crippen LogP contribution in [0.5, 0.6) is 0 Å². The van der Waals surface area contributed by atoms with Crippen LogP contribution in [0.25, 0.3) is 56.7 Å². The summed E-state index contributed by atoms with van der Waals surface area (Å²) in [5.74, 6) is 3.26. The number of nitrogens with one attached hydrogen (secondary N) is 4. The van der Waals surface area contributed by atoms with Crippen LogP contribution < -0.4 is 21.3 Å². The number of hydrogen-bond donors (Lipinski definition) is 4. The van der Waals surface area contributed by atoms with E-state index in [1.807, 2.05) is 102 Å². The summed E-state index contributed by atoms with van der Waals surface area (Å²) in [6.07, 6.45) is 10.5. The summed E-state index contributed by atoms with van der Waals surface area (Å²) in [5, 5.41) is 13.2. The lowest BCUT2D eigenvalue weighted by Crippen LogP contribution is -2.52. The summed E-state index contributed by atoms with van der Waals surface area (Å²) in [6, 6.07) is 41.1. The molecule has 2 fully saturated rings. The first kappa shape index (κ1) is 47.5. The molecule has 6 heterocycles. The molecule has 15 heteroatoms. The highest BCUT2D eigenvalue weighted by atomic mass is 79.9. The SMILES string of the molecule is CC(C)(C)OC(=O)NC1(c2ccc(-c3c(Br)nc4n3-c3cccnc3Nc3ccccc3-4)cc2)CCC1.CC(C)(C)OC(=O)NC1(c2ccc(-c3cnc4n3-c3cccnc3Nc3ccccc3-4)cc2)CCC1. The Balaban J connectivity index is 0.000000157. The van der Waals surface area contributed by atoms with Crippen LogP contribution in [0.4, 0.5) is 32.6 Å². The number of amides is 2. The number of alkyl carbamates (subject to hydrolysis) is 2. The molecule has 2 aliphatic carbocycles. The number of pyridine rings is 2. The summed E-state index contributed by atoms with van der Waals surface area (Å²) in [5.41, 5.74) is 10.1. The number of aromatic nitrogens is 6. The van der Waals surface area contributed by atoms with Gasteiger partial charge in [0.1, 0.15) is 27.5 Å². The summed E-state index contributed by atoms with van der Waals surface area (Å²) >= 11 is 3.74. The molecule has 73 heavy (non-hydrogen) atoms. The maximum absolute atomic E-state index is 12.6. The number of hydrogen-bond acceptors (Lipinski definition) is 10. The number of halogens is 1. The van der Waals surface area contributed by atoms with Gasteiger partial charge in [-0.2, -0.15) is 0 Å². The fourth-order valence-corrected chi connectivity index (χ4v) is 10.7. The molecule has 0 radical (unpaired) electrons. The third-order valence-corrected chi connectivity index (χ3v) is 14.4. The molecule has 0 unspecified atom stereocenters. The van der Waals surface area contributed by atoms with Crippen molar-refractivity contribution in [3.8, 4) is 56.7 Å². The van der Waals surface area contributed by atoms with Gasteiger partial charge in [0.25, 0.3) is 0 Å². The van der Waals surface area contributed by atoms with Gasteiger partial charge >= 0.3 is 12.2 Å². The molecular weight excluding hydrogens is 981 g/mol. The zero-order chi connectivity index (χ0) is 50.7. The second kappa shape index (κ2) is 18.4. The van der Waals surface area contributed by atoms with E-state index in [1.165, 1.54) is 0 Å². The Labute approximate surface area is 433 Å². The van der Waals surface area contributed by atoms with Crippen LogP contribution in [-0.2, 0) is 20.6 Å². The first-order valence-electron chi connectivity index (χ1n) is 24.8. The van der Waals surface area contributed by atoms with E-state index >= 15 is 0 Å². The Morgan fingerprint density at radius 1 is 0.575 bits per heavy atom. The number of para-hydroxylation sites is 2. The van der Waals surface area contributed by atoms with Gasteiger partial charge in [-0.1, -0.05) is 72.8 Å². The van der Waals surface area contributed by atoms with Crippen LogP contribution in [0.15, 0.2) is 145 Å². The minimum atomic E-state index is -0.538. The van der Waals surface area contributed by atoms with Crippen LogP contribution in [0.1, 0.15) is 91.2 Å². The van der Waals surface area contributed by atoms with Gasteiger partial charge < -0.3 is 30.7 Å². The molecule has 4 N–H and O–H groups in total. The Morgan fingerprint density at radius 3 is 1.52 bits per heavy atom. The number of ether oxygens (including phenoxy) is 2. The van der Waals surface area contributed by atoms with Crippen molar-refractivity contribution in [2.75, 3.05) is 10.6 Å². The van der Waals surface area contributed by atoms with Crippen molar-refractivity contribution in [2.24, 2.45) is 0 Å². The fourth-order valence-electron chi connectivity index (χ4n) is 10.2. The highest BCUT2D eigenvalue weighted by Crippen LogP contribution is 2.47. The van der Waals surface area contributed by atoms with Crippen molar-refractivity contribution in [3.63, 3.8) is 0 Å². The number of carbonyl (C=O) groups excluding carboxylic acids is 2. The molecule has 4 aliphatic rings. The summed E-state index contributed by atoms with van der Waals surface area (Å²) in [7, 11) is 0. The first-order valence-corrected chi connectivity index (χ1v) is 25.6. The smallest absolute Gasteiger partial charge is 0.408 e. The number of carbonyl (C=O) groups is 2. The predicted molar refractivity (Wildman–Crippen MR) is 289 cm³/mol. The van der Waals surface area contributed by atoms with Gasteiger partial charge in [-0.25, -0.2) is 29.5 Å². The van der Waals surface area contributed by atoms with Crippen LogP contribution in [-0.4, -0.2) is 52.5 Å². The third-order valence-electron chi connectivity index (χ3n) is 13.8. The predicted octanol–water partition coefficient (Wildman–Crippen LogP) is 13.9. The fraction of sp³-hybridized carbons (Fsp3) is 0.276. The van der Waals surface area contributed by atoms with Gasteiger partial charge in [0.15, 0.2) is 11.6 Å². The standard InChI is InChI=1S/C29H28BrN5O2.C29H29N5O2/c1-28(2,3)37-27(36)34-29(15-7-16-29)19-13-11-18(12-14-19)23-24(30)33-26-20-8-4-5-9-21(20)32-25-22(35(23)26)10-6-17-31-25;1-28(2,3)36-27(35)33-29(15-7-16-29)20-13-11-19(12-14-20)24-18-31-26-21-8-4-5-9-22(21)32-25-23(34(24)26)10-6-17-30-25/h4-6,8-14,17H,7,15-16H2,1-3H3,(H,31,32)(H,34,36);4-6,8-14,17-18H,7,15-16H2,1-3H3,(H,30,32)(H,33,35). The van der Waals surface area contributed by atoms with Gasteiger partial charge in [-0.05, 0) is 156 Å². The molecule has 0 bridgehead atoms. The molecule has 12 rings (SSSR count). The van der Waals surface area contributed by atoms with Gasteiger partial charge in [0, 0.05) is 34.6 Å². The summed E-state index contributed by atoms with van der Waals surface area (Å²) < 4.78 is 16.1. The highest BCUT2D eigenvalue weighted by Gasteiger charge is 2.43. The molecule has 0 saturated heterocycles. The highest BCUT2D eigenvalue weighted by molar-refractivity contribution is 9.10. The van der Waals surface area contributed by atoms with Crippen molar-refractivity contribution in [3.05, 3.63) is 156 Å². The maximum atomic E-state index is 12.6. The molecule has 4 aromatic heterocycles. The zero-order valence-electron chi connectivity index (χ0n) is 41.7. The Hall–Kier alpha value is -7.78. The number of fused-ring (bicyclic) bond motifs is 10. The zero-order valence-corrected chi connectivity index (χ0v) is 43.3. The quantitative estimate of drug-likeness (QED) is 0.126. The average Bonchev–Trinajstić information content (AvgIpc) is 3.85. The van der Waals surface area contributed by atoms with Gasteiger partial charge in [-0.3, -0.25) is 9.13 Å². The minimum absolute atomic E-state index is 0.373. The van der Waals surface area contributed by atoms with Crippen molar-refractivity contribution in [1.82, 2.24) is 39.7 Å². The molecule has 14 nitrogen and oxygen atoms in total. The lowest BCUT2D eigenvalue weighted by molar-refractivity contribution is 0.0365. The molecule has 2 aliphatic heterocycles. The largest absolute Gasteiger partial charge is 0.444 e. The van der Waals surface area contributed by atoms with E-state index in [9.17, 15) is 9.59 Å². The summed E-state index contributed by atoms with van der Waals surface area (Å²) in [4.78, 5) is 44.1. The molecule has 2 amide bonds. The van der Waals surface area contributed by atoms with E-state index in [0.717, 1.165) is 134 Å². The van der Waals surface area contributed by atoms with Gasteiger partial charge in [0.2, 0.25) is 0 Å². The molecule has 370 valence electrons. The molecular formula is C58H57BrN10O4. The van der Waals surface area contributed by atoms with E-state index in [4.69, 9.17) is 19.4 Å². The molecule has 8 aromatic rings. The summed E-state index contributed by atoms with van der Waals surface area (Å²) in [6.45, 7) is 11.3.